The van der Waals surface area contributed by atoms with E-state index in [2.05, 4.69) is 6.58 Å². The quantitative estimate of drug-likeness (QED) is 0.508. The van der Waals surface area contributed by atoms with Gasteiger partial charge in [-0.1, -0.05) is 6.58 Å². The Balaban J connectivity index is 4.54. The molecule has 0 aliphatic heterocycles. The second-order valence-corrected chi connectivity index (χ2v) is 4.29. The van der Waals surface area contributed by atoms with Crippen molar-refractivity contribution in [2.24, 2.45) is 0 Å². The zero-order valence-corrected chi connectivity index (χ0v) is 11.8. The van der Waals surface area contributed by atoms with E-state index in [1.54, 1.807) is 13.8 Å². The molecule has 0 N–H and O–H groups in total. The first-order chi connectivity index (χ1) is 8.76. The summed E-state index contributed by atoms with van der Waals surface area (Å²) in [7, 11) is 0. The average Bonchev–Trinajstić information content (AvgIpc) is 2.24. The largest absolute Gasteiger partial charge is 0.461 e. The van der Waals surface area contributed by atoms with E-state index in [-0.39, 0.29) is 19.0 Å². The van der Waals surface area contributed by atoms with E-state index >= 15 is 0 Å². The van der Waals surface area contributed by atoms with Crippen molar-refractivity contribution in [3.63, 3.8) is 0 Å². The smallest absolute Gasteiger partial charge is 0.302 e. The normalized spacial score (nSPS) is 13.1. The molecule has 0 aliphatic rings. The summed E-state index contributed by atoms with van der Waals surface area (Å²) in [5.74, 6) is -1.13. The van der Waals surface area contributed by atoms with Gasteiger partial charge in [-0.25, -0.2) is 0 Å². The number of hydrogen-bond donors (Lipinski definition) is 0. The number of amides is 1. The fourth-order valence-electron chi connectivity index (χ4n) is 1.65. The van der Waals surface area contributed by atoms with Crippen LogP contribution in [0.4, 0.5) is 0 Å². The maximum absolute atomic E-state index is 11.7. The fourth-order valence-corrected chi connectivity index (χ4v) is 1.65. The number of hydrogen-bond acceptors (Lipinski definition) is 5. The van der Waals surface area contributed by atoms with Crippen molar-refractivity contribution in [1.29, 1.82) is 0 Å². The molecular formula is C13H21NO5. The molecule has 1 amide bonds. The van der Waals surface area contributed by atoms with Crippen LogP contribution in [-0.2, 0) is 23.9 Å². The molecule has 0 spiro atoms. The standard InChI is InChI=1S/C13H21NO5/c1-6-13(17)14(7-9(2)18-11(4)15)8-10(3)19-12(5)16/h6,9-10H,1,7-8H2,2-5H3. The molecule has 0 bridgehead atoms. The molecule has 0 saturated carbocycles. The van der Waals surface area contributed by atoms with E-state index in [0.717, 1.165) is 0 Å². The molecule has 0 radical (unpaired) electrons. The molecule has 0 saturated heterocycles. The van der Waals surface area contributed by atoms with Gasteiger partial charge in [-0.2, -0.15) is 0 Å². The molecule has 0 aromatic carbocycles. The van der Waals surface area contributed by atoms with E-state index in [1.165, 1.54) is 24.8 Å². The van der Waals surface area contributed by atoms with Crippen LogP contribution >= 0.6 is 0 Å². The van der Waals surface area contributed by atoms with Gasteiger partial charge >= 0.3 is 11.9 Å². The Labute approximate surface area is 113 Å². The van der Waals surface area contributed by atoms with Crippen LogP contribution in [0.5, 0.6) is 0 Å². The Hall–Kier alpha value is -1.85. The highest BCUT2D eigenvalue weighted by atomic mass is 16.5. The zero-order valence-electron chi connectivity index (χ0n) is 11.8. The summed E-state index contributed by atoms with van der Waals surface area (Å²) in [6.07, 6.45) is 0.290. The van der Waals surface area contributed by atoms with E-state index in [4.69, 9.17) is 9.47 Å². The number of esters is 2. The second kappa shape index (κ2) is 8.29. The zero-order chi connectivity index (χ0) is 15.0. The SMILES string of the molecule is C=CC(=O)N(CC(C)OC(C)=O)CC(C)OC(C)=O. The summed E-state index contributed by atoms with van der Waals surface area (Å²) >= 11 is 0. The topological polar surface area (TPSA) is 72.9 Å². The summed E-state index contributed by atoms with van der Waals surface area (Å²) in [4.78, 5) is 34.8. The second-order valence-electron chi connectivity index (χ2n) is 4.29. The average molecular weight is 271 g/mol. The molecule has 2 unspecified atom stereocenters. The lowest BCUT2D eigenvalue weighted by Gasteiger charge is -2.27. The molecule has 0 aliphatic carbocycles. The van der Waals surface area contributed by atoms with Crippen LogP contribution in [0.3, 0.4) is 0 Å². The predicted octanol–water partition coefficient (Wildman–Crippen LogP) is 0.904. The van der Waals surface area contributed by atoms with Crippen LogP contribution in [0, 0.1) is 0 Å². The summed E-state index contributed by atoms with van der Waals surface area (Å²) in [6, 6.07) is 0. The maximum Gasteiger partial charge on any atom is 0.302 e. The van der Waals surface area contributed by atoms with Crippen molar-refractivity contribution in [3.05, 3.63) is 12.7 Å². The van der Waals surface area contributed by atoms with Crippen molar-refractivity contribution in [1.82, 2.24) is 4.90 Å². The lowest BCUT2D eigenvalue weighted by Crippen LogP contribution is -2.41. The Bertz CT molecular complexity index is 329. The molecule has 0 aromatic heterocycles. The van der Waals surface area contributed by atoms with Crippen molar-refractivity contribution in [3.8, 4) is 0 Å². The molecule has 6 heteroatoms. The summed E-state index contributed by atoms with van der Waals surface area (Å²) < 4.78 is 9.93. The minimum atomic E-state index is -0.439. The first-order valence-corrected chi connectivity index (χ1v) is 6.02. The van der Waals surface area contributed by atoms with Crippen LogP contribution < -0.4 is 0 Å². The van der Waals surface area contributed by atoms with Gasteiger partial charge < -0.3 is 14.4 Å². The Morgan fingerprint density at radius 3 is 1.68 bits per heavy atom. The lowest BCUT2D eigenvalue weighted by atomic mass is 10.3. The molecule has 0 aromatic rings. The third kappa shape index (κ3) is 7.96. The predicted molar refractivity (Wildman–Crippen MR) is 69.2 cm³/mol. The van der Waals surface area contributed by atoms with Crippen molar-refractivity contribution in [2.75, 3.05) is 13.1 Å². The van der Waals surface area contributed by atoms with Crippen molar-refractivity contribution in [2.45, 2.75) is 39.9 Å². The number of ether oxygens (including phenoxy) is 2. The van der Waals surface area contributed by atoms with Gasteiger partial charge in [0.05, 0.1) is 13.1 Å². The van der Waals surface area contributed by atoms with Gasteiger partial charge in [0, 0.05) is 13.8 Å². The third-order valence-electron chi connectivity index (χ3n) is 2.18. The first kappa shape index (κ1) is 17.2. The Morgan fingerprint density at radius 2 is 1.42 bits per heavy atom. The first-order valence-electron chi connectivity index (χ1n) is 6.02. The summed E-state index contributed by atoms with van der Waals surface area (Å²) in [5, 5.41) is 0. The number of rotatable bonds is 7. The Morgan fingerprint density at radius 1 is 1.05 bits per heavy atom. The molecule has 6 nitrogen and oxygen atoms in total. The highest BCUT2D eigenvalue weighted by molar-refractivity contribution is 5.87. The van der Waals surface area contributed by atoms with Gasteiger partial charge in [0.1, 0.15) is 12.2 Å². The summed E-state index contributed by atoms with van der Waals surface area (Å²) in [5.41, 5.74) is 0. The highest BCUT2D eigenvalue weighted by Gasteiger charge is 2.19. The molecule has 108 valence electrons. The minimum absolute atomic E-state index is 0.218. The molecular weight excluding hydrogens is 250 g/mol. The summed E-state index contributed by atoms with van der Waals surface area (Å²) in [6.45, 7) is 9.82. The van der Waals surface area contributed by atoms with E-state index in [9.17, 15) is 14.4 Å². The van der Waals surface area contributed by atoms with Crippen molar-refractivity contribution >= 4 is 17.8 Å². The van der Waals surface area contributed by atoms with Crippen LogP contribution in [-0.4, -0.2) is 48.0 Å². The third-order valence-corrected chi connectivity index (χ3v) is 2.18. The molecule has 0 fully saturated rings. The molecule has 2 atom stereocenters. The van der Waals surface area contributed by atoms with Gasteiger partial charge in [-0.05, 0) is 19.9 Å². The van der Waals surface area contributed by atoms with Gasteiger partial charge in [0.15, 0.2) is 0 Å². The highest BCUT2D eigenvalue weighted by Crippen LogP contribution is 2.03. The molecule has 19 heavy (non-hydrogen) atoms. The van der Waals surface area contributed by atoms with E-state index < -0.39 is 24.1 Å². The van der Waals surface area contributed by atoms with Crippen LogP contribution in [0.15, 0.2) is 12.7 Å². The van der Waals surface area contributed by atoms with Gasteiger partial charge in [-0.15, -0.1) is 0 Å². The number of nitrogens with zero attached hydrogens (tertiary/aromatic N) is 1. The Kier molecular flexibility index (Phi) is 7.48. The van der Waals surface area contributed by atoms with Gasteiger partial charge in [-0.3, -0.25) is 14.4 Å². The van der Waals surface area contributed by atoms with Crippen LogP contribution in [0.2, 0.25) is 0 Å². The monoisotopic (exact) mass is 271 g/mol. The van der Waals surface area contributed by atoms with Gasteiger partial charge in [0.2, 0.25) is 5.91 Å². The lowest BCUT2D eigenvalue weighted by molar-refractivity contribution is -0.150. The number of carbonyl (C=O) groups is 3. The van der Waals surface area contributed by atoms with Gasteiger partial charge in [0.25, 0.3) is 0 Å². The van der Waals surface area contributed by atoms with E-state index in [0.29, 0.717) is 0 Å². The van der Waals surface area contributed by atoms with Crippen molar-refractivity contribution < 1.29 is 23.9 Å². The van der Waals surface area contributed by atoms with Crippen LogP contribution in [0.25, 0.3) is 0 Å². The minimum Gasteiger partial charge on any atom is -0.461 e. The maximum atomic E-state index is 11.7. The van der Waals surface area contributed by atoms with E-state index in [1.807, 2.05) is 0 Å². The fraction of sp³-hybridized carbons (Fsp3) is 0.615. The molecule has 0 rings (SSSR count). The number of carbonyl (C=O) groups excluding carboxylic acids is 3. The van der Waals surface area contributed by atoms with Crippen LogP contribution in [0.1, 0.15) is 27.7 Å². The molecule has 0 heterocycles.